The van der Waals surface area contributed by atoms with Crippen LogP contribution in [0, 0.1) is 0 Å². The highest BCUT2D eigenvalue weighted by Gasteiger charge is 2.30. The maximum absolute atomic E-state index is 13.1. The topological polar surface area (TPSA) is 237 Å². The zero-order chi connectivity index (χ0) is 77.4. The molecule has 0 spiro atoms. The number of ether oxygens (including phenoxy) is 4. The summed E-state index contributed by atoms with van der Waals surface area (Å²) in [5, 5.41) is 10.6. The van der Waals surface area contributed by atoms with Gasteiger partial charge in [0.15, 0.2) is 12.2 Å². The number of hydrogen-bond acceptors (Lipinski definition) is 15. The van der Waals surface area contributed by atoms with Crippen molar-refractivity contribution in [1.29, 1.82) is 0 Å². The second-order valence-electron chi connectivity index (χ2n) is 26.6. The third-order valence-electron chi connectivity index (χ3n) is 16.5. The van der Waals surface area contributed by atoms with E-state index in [1.54, 1.807) is 0 Å². The molecule has 0 rings (SSSR count). The van der Waals surface area contributed by atoms with Crippen LogP contribution >= 0.6 is 15.6 Å². The number of phosphoric acid groups is 2. The number of hydrogen-bond donors (Lipinski definition) is 3. The number of esters is 4. The number of allylic oxidation sites excluding steroid dienone is 26. The first-order chi connectivity index (χ1) is 51.7. The normalized spacial score (nSPS) is 14.7. The first-order valence-electron chi connectivity index (χ1n) is 40.7. The molecule has 5 unspecified atom stereocenters. The quantitative estimate of drug-likeness (QED) is 0.0169. The summed E-state index contributed by atoms with van der Waals surface area (Å²) in [6, 6.07) is 0. The zero-order valence-electron chi connectivity index (χ0n) is 66.1. The minimum absolute atomic E-state index is 0.00875. The summed E-state index contributed by atoms with van der Waals surface area (Å²) in [6.45, 7) is 4.48. The van der Waals surface area contributed by atoms with Crippen LogP contribution in [-0.2, 0) is 65.4 Å². The fraction of sp³-hybridized carbons (Fsp3) is 0.655. The predicted molar refractivity (Wildman–Crippen MR) is 436 cm³/mol. The number of phosphoric ester groups is 2. The van der Waals surface area contributed by atoms with E-state index in [2.05, 4.69) is 174 Å². The summed E-state index contributed by atoms with van der Waals surface area (Å²) < 4.78 is 68.5. The number of rotatable bonds is 75. The molecule has 5 atom stereocenters. The molecule has 0 aromatic rings. The molecule has 106 heavy (non-hydrogen) atoms. The number of aliphatic hydroxyl groups is 1. The van der Waals surface area contributed by atoms with E-state index in [9.17, 15) is 43.2 Å². The number of aliphatic hydroxyl groups excluding tert-OH is 1. The minimum Gasteiger partial charge on any atom is -0.462 e. The van der Waals surface area contributed by atoms with Crippen molar-refractivity contribution >= 4 is 39.5 Å². The number of carbonyl (C=O) groups excluding carboxylic acids is 4. The van der Waals surface area contributed by atoms with Gasteiger partial charge in [-0.15, -0.1) is 0 Å². The van der Waals surface area contributed by atoms with Gasteiger partial charge in [-0.05, 0) is 161 Å². The van der Waals surface area contributed by atoms with Gasteiger partial charge in [-0.1, -0.05) is 282 Å². The lowest BCUT2D eigenvalue weighted by atomic mass is 10.1. The second-order valence-corrected chi connectivity index (χ2v) is 29.5. The molecule has 0 aromatic carbocycles. The Hall–Kier alpha value is -5.32. The molecule has 19 heteroatoms. The summed E-state index contributed by atoms with van der Waals surface area (Å²) in [4.78, 5) is 73.0. The van der Waals surface area contributed by atoms with E-state index < -0.39 is 97.5 Å². The summed E-state index contributed by atoms with van der Waals surface area (Å²) in [5.74, 6) is -2.29. The van der Waals surface area contributed by atoms with Crippen LogP contribution in [0.15, 0.2) is 158 Å². The molecule has 0 heterocycles. The molecule has 0 aromatic heterocycles. The molecular weight excluding hydrogens is 1380 g/mol. The van der Waals surface area contributed by atoms with Crippen LogP contribution in [-0.4, -0.2) is 96.7 Å². The van der Waals surface area contributed by atoms with Gasteiger partial charge in [0.25, 0.3) is 0 Å². The van der Waals surface area contributed by atoms with E-state index in [4.69, 9.17) is 37.0 Å². The first-order valence-corrected chi connectivity index (χ1v) is 43.7. The summed E-state index contributed by atoms with van der Waals surface area (Å²) in [7, 11) is -10.00. The van der Waals surface area contributed by atoms with Crippen LogP contribution in [0.5, 0.6) is 0 Å². The largest absolute Gasteiger partial charge is 0.472 e. The van der Waals surface area contributed by atoms with Gasteiger partial charge in [0.2, 0.25) is 0 Å². The van der Waals surface area contributed by atoms with Crippen LogP contribution in [0.4, 0.5) is 0 Å². The molecule has 3 N–H and O–H groups in total. The summed E-state index contributed by atoms with van der Waals surface area (Å²) in [5.41, 5.74) is 0. The van der Waals surface area contributed by atoms with Gasteiger partial charge in [-0.3, -0.25) is 37.3 Å². The molecular formula is C87H144O17P2. The van der Waals surface area contributed by atoms with Crippen molar-refractivity contribution < 1.29 is 80.2 Å². The average Bonchev–Trinajstić information content (AvgIpc) is 0.901. The Morgan fingerprint density at radius 3 is 0.830 bits per heavy atom. The van der Waals surface area contributed by atoms with Crippen LogP contribution in [0.2, 0.25) is 0 Å². The van der Waals surface area contributed by atoms with E-state index in [1.807, 2.05) is 12.2 Å². The zero-order valence-corrected chi connectivity index (χ0v) is 67.8. The smallest absolute Gasteiger partial charge is 0.462 e. The molecule has 0 aliphatic carbocycles. The van der Waals surface area contributed by atoms with E-state index in [0.29, 0.717) is 32.1 Å². The van der Waals surface area contributed by atoms with Crippen molar-refractivity contribution in [2.45, 2.75) is 329 Å². The molecule has 0 saturated heterocycles. The van der Waals surface area contributed by atoms with E-state index >= 15 is 0 Å². The number of carbonyl (C=O) groups is 4. The Morgan fingerprint density at radius 1 is 0.274 bits per heavy atom. The van der Waals surface area contributed by atoms with Crippen molar-refractivity contribution in [3.63, 3.8) is 0 Å². The molecule has 17 nitrogen and oxygen atoms in total. The van der Waals surface area contributed by atoms with E-state index in [1.165, 1.54) is 32.1 Å². The lowest BCUT2D eigenvalue weighted by Gasteiger charge is -2.21. The fourth-order valence-corrected chi connectivity index (χ4v) is 11.9. The Labute approximate surface area is 642 Å². The fourth-order valence-electron chi connectivity index (χ4n) is 10.3. The molecule has 604 valence electrons. The van der Waals surface area contributed by atoms with Gasteiger partial charge in [-0.25, -0.2) is 9.13 Å². The van der Waals surface area contributed by atoms with Crippen molar-refractivity contribution in [2.75, 3.05) is 39.6 Å². The molecule has 0 fully saturated rings. The van der Waals surface area contributed by atoms with Crippen LogP contribution in [0.25, 0.3) is 0 Å². The maximum Gasteiger partial charge on any atom is 0.472 e. The van der Waals surface area contributed by atoms with E-state index in [-0.39, 0.29) is 25.7 Å². The molecule has 0 saturated carbocycles. The van der Waals surface area contributed by atoms with E-state index in [0.717, 1.165) is 193 Å². The first kappa shape index (κ1) is 101. The van der Waals surface area contributed by atoms with Crippen molar-refractivity contribution in [1.82, 2.24) is 0 Å². The lowest BCUT2D eigenvalue weighted by Crippen LogP contribution is -2.30. The minimum atomic E-state index is -5.00. The Bertz CT molecular complexity index is 2630. The van der Waals surface area contributed by atoms with Crippen LogP contribution < -0.4 is 0 Å². The Kier molecular flexibility index (Phi) is 73.9. The summed E-state index contributed by atoms with van der Waals surface area (Å²) in [6.07, 6.45) is 90.9. The highest BCUT2D eigenvalue weighted by atomic mass is 31.2. The van der Waals surface area contributed by atoms with Crippen LogP contribution in [0.1, 0.15) is 310 Å². The third-order valence-corrected chi connectivity index (χ3v) is 18.4. The lowest BCUT2D eigenvalue weighted by molar-refractivity contribution is -0.161. The molecule has 0 aliphatic rings. The standard InChI is InChI=1S/C87H144O17P2/c1-5-9-13-17-21-25-29-32-35-38-40-43-45-48-52-55-59-63-67-71-84(89)97-77-82(103-86(91)73-69-65-61-57-51-28-24-20-16-12-8-4)79-101-105(93,94)99-75-81(88)76-100-106(95,96)102-80-83(104-87(92)74-70-66-62-58-54-50-47-42-37-34-31-27-23-19-15-11-7-3)78-98-85(90)72-68-64-60-56-53-49-46-44-41-39-36-33-30-26-22-18-14-10-6-2/h9,11,13,15,20-27,32-37,40-41,43-44,47,50,58,62,81-83,88H,5-8,10,12,14,16-19,28-31,38-39,42,45-46,48-49,51-57,59-61,63-80H2,1-4H3,(H,93,94)(H,95,96)/b13-9-,15-11-,24-20-,25-21-,26-22-,27-23-,35-32-,36-33-,37-34-,43-40-,44-41-,50-47-,62-58-. The highest BCUT2D eigenvalue weighted by Crippen LogP contribution is 2.45. The predicted octanol–water partition coefficient (Wildman–Crippen LogP) is 24.0. The van der Waals surface area contributed by atoms with Crippen molar-refractivity contribution in [3.05, 3.63) is 158 Å². The van der Waals surface area contributed by atoms with Gasteiger partial charge in [0, 0.05) is 25.7 Å². The Balaban J connectivity index is 5.41. The highest BCUT2D eigenvalue weighted by molar-refractivity contribution is 7.47. The van der Waals surface area contributed by atoms with Crippen molar-refractivity contribution in [3.8, 4) is 0 Å². The number of unbranched alkanes of at least 4 members (excludes halogenated alkanes) is 23. The van der Waals surface area contributed by atoms with Gasteiger partial charge >= 0.3 is 39.5 Å². The molecule has 0 amide bonds. The maximum atomic E-state index is 13.1. The van der Waals surface area contributed by atoms with Gasteiger partial charge in [-0.2, -0.15) is 0 Å². The Morgan fingerprint density at radius 2 is 0.509 bits per heavy atom. The molecule has 0 aliphatic heterocycles. The average molecular weight is 1520 g/mol. The van der Waals surface area contributed by atoms with Gasteiger partial charge < -0.3 is 33.8 Å². The monoisotopic (exact) mass is 1520 g/mol. The third kappa shape index (κ3) is 76.9. The SMILES string of the molecule is CC/C=C\C/C=C\C/C=C\C/C=C\C/C=C\CCCC(=O)OC(COC(=O)CCCCCCCC/C=C\C/C=C\C/C=C\CCCCC)COP(=O)(O)OCC(O)COP(=O)(O)OCC(COC(=O)CCCCCCCC/C=C\C/C=C\C/C=C\C/C=C\CC)OC(=O)CCCCCCC/C=C\CCCC. The second kappa shape index (κ2) is 77.8. The van der Waals surface area contributed by atoms with Gasteiger partial charge in [0.1, 0.15) is 19.3 Å². The van der Waals surface area contributed by atoms with Crippen molar-refractivity contribution in [2.24, 2.45) is 0 Å². The molecule has 0 bridgehead atoms. The van der Waals surface area contributed by atoms with Crippen LogP contribution in [0.3, 0.4) is 0 Å². The van der Waals surface area contributed by atoms with Gasteiger partial charge in [0.05, 0.1) is 26.4 Å². The summed E-state index contributed by atoms with van der Waals surface area (Å²) >= 11 is 0. The molecule has 0 radical (unpaired) electrons.